The highest BCUT2D eigenvalue weighted by atomic mass is 32.1. The molecule has 0 aliphatic heterocycles. The summed E-state index contributed by atoms with van der Waals surface area (Å²) in [6.07, 6.45) is 1.86. The van der Waals surface area contributed by atoms with E-state index < -0.39 is 11.7 Å². The van der Waals surface area contributed by atoms with Crippen LogP contribution >= 0.6 is 11.3 Å². The summed E-state index contributed by atoms with van der Waals surface area (Å²) in [7, 11) is 0. The number of hydrogen-bond donors (Lipinski definition) is 2. The summed E-state index contributed by atoms with van der Waals surface area (Å²) in [6, 6.07) is -0.00453. The lowest BCUT2D eigenvalue weighted by Crippen LogP contribution is -2.38. The quantitative estimate of drug-likeness (QED) is 0.879. The molecule has 22 heavy (non-hydrogen) atoms. The Morgan fingerprint density at radius 1 is 1.36 bits per heavy atom. The van der Waals surface area contributed by atoms with Crippen LogP contribution in [0.25, 0.3) is 10.3 Å². The van der Waals surface area contributed by atoms with Crippen LogP contribution in [0.3, 0.4) is 0 Å². The van der Waals surface area contributed by atoms with Crippen molar-refractivity contribution in [3.63, 3.8) is 0 Å². The number of carbonyl (C=O) groups excluding carboxylic acids is 1. The summed E-state index contributed by atoms with van der Waals surface area (Å²) in [5, 5.41) is 6.03. The van der Waals surface area contributed by atoms with Crippen LogP contribution in [-0.2, 0) is 4.74 Å². The minimum atomic E-state index is -0.487. The molecule has 8 heteroatoms. The van der Waals surface area contributed by atoms with E-state index in [1.807, 2.05) is 27.7 Å². The molecule has 7 nitrogen and oxygen atoms in total. The van der Waals surface area contributed by atoms with Gasteiger partial charge >= 0.3 is 6.09 Å². The summed E-state index contributed by atoms with van der Waals surface area (Å²) < 4.78 is 5.22. The van der Waals surface area contributed by atoms with E-state index in [2.05, 4.69) is 25.6 Å². The van der Waals surface area contributed by atoms with Crippen LogP contribution in [0.4, 0.5) is 10.6 Å². The van der Waals surface area contributed by atoms with Gasteiger partial charge in [0.05, 0.1) is 5.51 Å². The zero-order valence-electron chi connectivity index (χ0n) is 13.2. The summed E-state index contributed by atoms with van der Waals surface area (Å²) >= 11 is 1.48. The summed E-state index contributed by atoms with van der Waals surface area (Å²) in [6.45, 7) is 8.12. The number of fused-ring (bicyclic) bond motifs is 1. The third-order valence-corrected chi connectivity index (χ3v) is 3.50. The fraction of sp³-hybridized carbons (Fsp3) is 0.571. The highest BCUT2D eigenvalue weighted by molar-refractivity contribution is 7.16. The second-order valence-electron chi connectivity index (χ2n) is 5.99. The average molecular weight is 323 g/mol. The molecule has 0 unspecified atom stereocenters. The number of rotatable bonds is 5. The Morgan fingerprint density at radius 3 is 2.86 bits per heavy atom. The monoisotopic (exact) mass is 323 g/mol. The predicted molar refractivity (Wildman–Crippen MR) is 87.1 cm³/mol. The minimum Gasteiger partial charge on any atom is -0.444 e. The van der Waals surface area contributed by atoms with Crippen LogP contribution in [0, 0.1) is 0 Å². The van der Waals surface area contributed by atoms with Crippen LogP contribution in [0.2, 0.25) is 0 Å². The van der Waals surface area contributed by atoms with Crippen molar-refractivity contribution in [3.05, 3.63) is 11.8 Å². The molecule has 0 aliphatic rings. The number of thiazole rings is 1. The van der Waals surface area contributed by atoms with Gasteiger partial charge in [0.15, 0.2) is 5.82 Å². The molecule has 0 saturated carbocycles. The van der Waals surface area contributed by atoms with Gasteiger partial charge < -0.3 is 15.4 Å². The molecule has 0 spiro atoms. The first-order chi connectivity index (χ1) is 10.3. The fourth-order valence-electron chi connectivity index (χ4n) is 1.81. The molecule has 2 aromatic heterocycles. The van der Waals surface area contributed by atoms with Gasteiger partial charge in [-0.2, -0.15) is 0 Å². The smallest absolute Gasteiger partial charge is 0.407 e. The van der Waals surface area contributed by atoms with Crippen molar-refractivity contribution < 1.29 is 9.53 Å². The van der Waals surface area contributed by atoms with E-state index in [1.165, 1.54) is 17.7 Å². The second kappa shape index (κ2) is 6.87. The molecule has 0 aromatic carbocycles. The number of hydrogen-bond acceptors (Lipinski definition) is 7. The van der Waals surface area contributed by atoms with Crippen molar-refractivity contribution in [1.29, 1.82) is 0 Å². The van der Waals surface area contributed by atoms with Crippen molar-refractivity contribution in [2.75, 3.05) is 11.9 Å². The Morgan fingerprint density at radius 2 is 2.14 bits per heavy atom. The maximum Gasteiger partial charge on any atom is 0.407 e. The van der Waals surface area contributed by atoms with Crippen molar-refractivity contribution in [2.24, 2.45) is 0 Å². The van der Waals surface area contributed by atoms with Gasteiger partial charge in [0.2, 0.25) is 0 Å². The summed E-state index contributed by atoms with van der Waals surface area (Å²) in [5.41, 5.74) is 2.04. The van der Waals surface area contributed by atoms with Crippen LogP contribution in [-0.4, -0.2) is 39.2 Å². The lowest BCUT2D eigenvalue weighted by Gasteiger charge is -2.22. The first-order valence-corrected chi connectivity index (χ1v) is 8.01. The molecule has 0 bridgehead atoms. The lowest BCUT2D eigenvalue weighted by atomic mass is 10.2. The van der Waals surface area contributed by atoms with Gasteiger partial charge in [-0.3, -0.25) is 0 Å². The van der Waals surface area contributed by atoms with E-state index >= 15 is 0 Å². The summed E-state index contributed by atoms with van der Waals surface area (Å²) in [4.78, 5) is 25.1. The van der Waals surface area contributed by atoms with Gasteiger partial charge in [0.25, 0.3) is 0 Å². The molecule has 0 aliphatic carbocycles. The Balaban J connectivity index is 1.79. The van der Waals surface area contributed by atoms with Crippen molar-refractivity contribution in [2.45, 2.75) is 45.8 Å². The molecule has 1 atom stereocenters. The molecule has 1 amide bonds. The van der Waals surface area contributed by atoms with Gasteiger partial charge in [0.1, 0.15) is 22.3 Å². The maximum atomic E-state index is 11.7. The number of alkyl carbamates (subject to hydrolysis) is 1. The van der Waals surface area contributed by atoms with E-state index in [4.69, 9.17) is 4.74 Å². The fourth-order valence-corrected chi connectivity index (χ4v) is 2.44. The molecule has 0 fully saturated rings. The predicted octanol–water partition coefficient (Wildman–Crippen LogP) is 2.80. The second-order valence-corrected chi connectivity index (χ2v) is 6.82. The molecule has 0 radical (unpaired) electrons. The van der Waals surface area contributed by atoms with Gasteiger partial charge in [-0.1, -0.05) is 0 Å². The van der Waals surface area contributed by atoms with Crippen LogP contribution in [0.5, 0.6) is 0 Å². The molecule has 2 rings (SSSR count). The van der Waals surface area contributed by atoms with E-state index in [0.29, 0.717) is 6.54 Å². The highest BCUT2D eigenvalue weighted by Crippen LogP contribution is 2.20. The first kappa shape index (κ1) is 16.4. The zero-order valence-corrected chi connectivity index (χ0v) is 14.0. The zero-order chi connectivity index (χ0) is 16.2. The number of ether oxygens (including phenoxy) is 1. The van der Waals surface area contributed by atoms with Crippen LogP contribution in [0.15, 0.2) is 11.8 Å². The Bertz CT molecular complexity index is 637. The van der Waals surface area contributed by atoms with Gasteiger partial charge in [-0.05, 0) is 34.1 Å². The van der Waals surface area contributed by atoms with Crippen molar-refractivity contribution in [3.8, 4) is 0 Å². The van der Waals surface area contributed by atoms with Gasteiger partial charge in [0, 0.05) is 12.6 Å². The van der Waals surface area contributed by atoms with Gasteiger partial charge in [-0.15, -0.1) is 11.3 Å². The standard InChI is InChI=1S/C14H21N5O2S/c1-9(19-13(20)21-14(2,3)4)5-6-15-11-10-12(17-7-16-11)22-8-18-10/h7-9H,5-6H2,1-4H3,(H,19,20)(H,15,16,17)/t9-/m0/s1. The van der Waals surface area contributed by atoms with E-state index in [9.17, 15) is 4.79 Å². The third-order valence-electron chi connectivity index (χ3n) is 2.77. The van der Waals surface area contributed by atoms with Crippen molar-refractivity contribution >= 4 is 33.6 Å². The van der Waals surface area contributed by atoms with E-state index in [-0.39, 0.29) is 6.04 Å². The molecule has 0 saturated heterocycles. The topological polar surface area (TPSA) is 89.0 Å². The normalized spacial score (nSPS) is 12.9. The summed E-state index contributed by atoms with van der Waals surface area (Å²) in [5.74, 6) is 0.718. The minimum absolute atomic E-state index is 0.00453. The number of nitrogens with zero attached hydrogens (tertiary/aromatic N) is 3. The molecule has 120 valence electrons. The van der Waals surface area contributed by atoms with Crippen LogP contribution in [0.1, 0.15) is 34.1 Å². The van der Waals surface area contributed by atoms with E-state index in [1.54, 1.807) is 5.51 Å². The van der Waals surface area contributed by atoms with Gasteiger partial charge in [-0.25, -0.2) is 19.7 Å². The maximum absolute atomic E-state index is 11.7. The largest absolute Gasteiger partial charge is 0.444 e. The molecule has 2 heterocycles. The number of amides is 1. The third kappa shape index (κ3) is 4.80. The van der Waals surface area contributed by atoms with Crippen LogP contribution < -0.4 is 10.6 Å². The first-order valence-electron chi connectivity index (χ1n) is 7.13. The SMILES string of the molecule is C[C@@H](CCNc1ncnc2scnc12)NC(=O)OC(C)(C)C. The number of carbonyl (C=O) groups is 1. The molecular weight excluding hydrogens is 302 g/mol. The van der Waals surface area contributed by atoms with E-state index in [0.717, 1.165) is 22.6 Å². The van der Waals surface area contributed by atoms with Crippen molar-refractivity contribution in [1.82, 2.24) is 20.3 Å². The number of aromatic nitrogens is 3. The molecule has 2 N–H and O–H groups in total. The molecular formula is C14H21N5O2S. The highest BCUT2D eigenvalue weighted by Gasteiger charge is 2.17. The Kier molecular flexibility index (Phi) is 5.12. The number of nitrogens with one attached hydrogen (secondary N) is 2. The Hall–Kier alpha value is -1.96. The average Bonchev–Trinajstić information content (AvgIpc) is 2.85. The lowest BCUT2D eigenvalue weighted by molar-refractivity contribution is 0.0507. The Labute approximate surface area is 133 Å². The number of anilines is 1. The molecule has 2 aromatic rings.